The molecule has 1 nitrogen and oxygen atoms in total. The number of thiophene rings is 1. The molecule has 0 saturated carbocycles. The van der Waals surface area contributed by atoms with Gasteiger partial charge in [-0.15, -0.1) is 11.3 Å². The van der Waals surface area contributed by atoms with Crippen LogP contribution in [0.4, 0.5) is 5.00 Å². The topological polar surface area (TPSA) is 12.0 Å². The van der Waals surface area contributed by atoms with E-state index in [-0.39, 0.29) is 0 Å². The first-order chi connectivity index (χ1) is 7.25. The van der Waals surface area contributed by atoms with Gasteiger partial charge >= 0.3 is 0 Å². The highest BCUT2D eigenvalue weighted by atomic mass is 32.1. The lowest BCUT2D eigenvalue weighted by Gasteiger charge is -1.98. The molecule has 76 valence electrons. The van der Waals surface area contributed by atoms with Gasteiger partial charge in [0.1, 0.15) is 0 Å². The second kappa shape index (κ2) is 4.55. The van der Waals surface area contributed by atoms with Crippen molar-refractivity contribution in [3.63, 3.8) is 0 Å². The van der Waals surface area contributed by atoms with Crippen molar-refractivity contribution in [2.24, 2.45) is 0 Å². The average molecular weight is 233 g/mol. The van der Waals surface area contributed by atoms with Crippen LogP contribution in [0.5, 0.6) is 0 Å². The fourth-order valence-corrected chi connectivity index (χ4v) is 2.48. The zero-order valence-electron chi connectivity index (χ0n) is 8.36. The van der Waals surface area contributed by atoms with E-state index in [1.54, 1.807) is 11.3 Å². The number of hydrogen-bond donors (Lipinski definition) is 1. The number of benzene rings is 1. The smallest absolute Gasteiger partial charge is 0.0936 e. The van der Waals surface area contributed by atoms with E-state index in [1.807, 2.05) is 25.1 Å². The predicted octanol–water partition coefficient (Wildman–Crippen LogP) is 4.17. The highest BCUT2D eigenvalue weighted by Crippen LogP contribution is 2.30. The van der Waals surface area contributed by atoms with Crippen LogP contribution < -0.4 is 5.32 Å². The van der Waals surface area contributed by atoms with Crippen LogP contribution in [0.15, 0.2) is 42.5 Å². The van der Waals surface area contributed by atoms with Gasteiger partial charge in [-0.2, -0.15) is 0 Å². The van der Waals surface area contributed by atoms with E-state index in [0.29, 0.717) is 0 Å². The largest absolute Gasteiger partial charge is 0.342 e. The van der Waals surface area contributed by atoms with Gasteiger partial charge in [0.25, 0.3) is 0 Å². The Balaban J connectivity index is 2.24. The van der Waals surface area contributed by atoms with E-state index in [1.165, 1.54) is 10.4 Å². The first-order valence-corrected chi connectivity index (χ1v) is 5.91. The quantitative estimate of drug-likeness (QED) is 0.781. The molecule has 15 heavy (non-hydrogen) atoms. The van der Waals surface area contributed by atoms with Crippen molar-refractivity contribution < 1.29 is 0 Å². The lowest BCUT2D eigenvalue weighted by atomic mass is 10.2. The molecule has 0 fully saturated rings. The molecule has 0 bridgehead atoms. The van der Waals surface area contributed by atoms with E-state index in [9.17, 15) is 0 Å². The Morgan fingerprint density at radius 2 is 1.87 bits per heavy atom. The molecule has 3 heteroatoms. The molecule has 0 spiro atoms. The SMILES string of the molecule is CC(=S)Nc1ccc(-c2ccccc2)s1. The summed E-state index contributed by atoms with van der Waals surface area (Å²) in [6, 6.07) is 14.5. The van der Waals surface area contributed by atoms with E-state index >= 15 is 0 Å². The van der Waals surface area contributed by atoms with Crippen LogP contribution in [0.25, 0.3) is 10.4 Å². The molecule has 0 radical (unpaired) electrons. The molecule has 0 atom stereocenters. The van der Waals surface area contributed by atoms with E-state index in [0.717, 1.165) is 9.99 Å². The van der Waals surface area contributed by atoms with Crippen LogP contribution in [0.2, 0.25) is 0 Å². The lowest BCUT2D eigenvalue weighted by Crippen LogP contribution is -2.00. The van der Waals surface area contributed by atoms with Crippen LogP contribution in [-0.2, 0) is 0 Å². The van der Waals surface area contributed by atoms with E-state index in [2.05, 4.69) is 29.6 Å². The second-order valence-corrected chi connectivity index (χ2v) is 4.91. The first-order valence-electron chi connectivity index (χ1n) is 4.68. The predicted molar refractivity (Wildman–Crippen MR) is 71.6 cm³/mol. The van der Waals surface area contributed by atoms with Crippen molar-refractivity contribution in [2.45, 2.75) is 6.92 Å². The Morgan fingerprint density at radius 3 is 2.53 bits per heavy atom. The van der Waals surface area contributed by atoms with Gasteiger partial charge in [0, 0.05) is 4.88 Å². The third-order valence-corrected chi connectivity index (χ3v) is 3.12. The summed E-state index contributed by atoms with van der Waals surface area (Å²) in [7, 11) is 0. The Kier molecular flexibility index (Phi) is 3.14. The Hall–Kier alpha value is -1.19. The fourth-order valence-electron chi connectivity index (χ4n) is 1.34. The standard InChI is InChI=1S/C12H11NS2/c1-9(14)13-12-8-7-11(15-12)10-5-3-2-4-6-10/h2-8H,1H3,(H,13,14). The number of hydrogen-bond acceptors (Lipinski definition) is 2. The number of thiocarbonyl (C=S) groups is 1. The monoisotopic (exact) mass is 233 g/mol. The molecule has 1 heterocycles. The molecule has 2 aromatic rings. The van der Waals surface area contributed by atoms with Crippen LogP contribution in [0.3, 0.4) is 0 Å². The van der Waals surface area contributed by atoms with Gasteiger partial charge in [0.2, 0.25) is 0 Å². The fraction of sp³-hybridized carbons (Fsp3) is 0.0833. The second-order valence-electron chi connectivity index (χ2n) is 3.21. The van der Waals surface area contributed by atoms with E-state index < -0.39 is 0 Å². The summed E-state index contributed by atoms with van der Waals surface area (Å²) < 4.78 is 0. The van der Waals surface area contributed by atoms with Crippen LogP contribution >= 0.6 is 23.6 Å². The molecule has 0 saturated heterocycles. The summed E-state index contributed by atoms with van der Waals surface area (Å²) in [5, 5.41) is 4.24. The van der Waals surface area contributed by atoms with Gasteiger partial charge in [-0.05, 0) is 24.6 Å². The van der Waals surface area contributed by atoms with Crippen molar-refractivity contribution in [1.82, 2.24) is 0 Å². The maximum absolute atomic E-state index is 5.00. The molecule has 0 aliphatic heterocycles. The molecule has 0 aliphatic rings. The molecule has 1 aromatic heterocycles. The van der Waals surface area contributed by atoms with Crippen molar-refractivity contribution in [2.75, 3.05) is 5.32 Å². The maximum Gasteiger partial charge on any atom is 0.0936 e. The summed E-state index contributed by atoms with van der Waals surface area (Å²) in [6.45, 7) is 1.89. The minimum atomic E-state index is 0.802. The van der Waals surface area contributed by atoms with Gasteiger partial charge in [0.15, 0.2) is 0 Å². The van der Waals surface area contributed by atoms with Crippen LogP contribution in [0.1, 0.15) is 6.92 Å². The average Bonchev–Trinajstić information content (AvgIpc) is 2.67. The zero-order valence-corrected chi connectivity index (χ0v) is 9.99. The third-order valence-electron chi connectivity index (χ3n) is 1.96. The normalized spacial score (nSPS) is 9.93. The van der Waals surface area contributed by atoms with Crippen molar-refractivity contribution in [3.8, 4) is 10.4 Å². The van der Waals surface area contributed by atoms with Crippen LogP contribution in [0, 0.1) is 0 Å². The highest BCUT2D eigenvalue weighted by molar-refractivity contribution is 7.80. The minimum absolute atomic E-state index is 0.802. The third kappa shape index (κ3) is 2.64. The Labute approximate surface area is 98.8 Å². The van der Waals surface area contributed by atoms with Gasteiger partial charge in [-0.3, -0.25) is 0 Å². The van der Waals surface area contributed by atoms with Crippen molar-refractivity contribution >= 4 is 33.5 Å². The molecule has 0 aliphatic carbocycles. The van der Waals surface area contributed by atoms with Gasteiger partial charge in [-0.1, -0.05) is 42.5 Å². The Bertz CT molecular complexity index is 459. The summed E-state index contributed by atoms with van der Waals surface area (Å²) >= 11 is 6.71. The number of rotatable bonds is 2. The number of nitrogens with one attached hydrogen (secondary N) is 1. The van der Waals surface area contributed by atoms with Gasteiger partial charge in [0.05, 0.1) is 9.99 Å². The van der Waals surface area contributed by atoms with Gasteiger partial charge < -0.3 is 5.32 Å². The zero-order chi connectivity index (χ0) is 10.7. The minimum Gasteiger partial charge on any atom is -0.342 e. The molecular weight excluding hydrogens is 222 g/mol. The van der Waals surface area contributed by atoms with Crippen LogP contribution in [-0.4, -0.2) is 4.99 Å². The highest BCUT2D eigenvalue weighted by Gasteiger charge is 2.01. The van der Waals surface area contributed by atoms with E-state index in [4.69, 9.17) is 12.2 Å². The molecular formula is C12H11NS2. The Morgan fingerprint density at radius 1 is 1.13 bits per heavy atom. The van der Waals surface area contributed by atoms with Gasteiger partial charge in [-0.25, -0.2) is 0 Å². The summed E-state index contributed by atoms with van der Waals surface area (Å²) in [4.78, 5) is 2.06. The molecule has 0 unspecified atom stereocenters. The molecule has 1 aromatic carbocycles. The maximum atomic E-state index is 5.00. The molecule has 2 rings (SSSR count). The summed E-state index contributed by atoms with van der Waals surface area (Å²) in [5.41, 5.74) is 1.25. The number of anilines is 1. The molecule has 1 N–H and O–H groups in total. The summed E-state index contributed by atoms with van der Waals surface area (Å²) in [5.74, 6) is 0. The lowest BCUT2D eigenvalue weighted by molar-refractivity contribution is 1.70. The van der Waals surface area contributed by atoms with Crippen molar-refractivity contribution in [3.05, 3.63) is 42.5 Å². The first kappa shape index (κ1) is 10.3. The summed E-state index contributed by atoms with van der Waals surface area (Å²) in [6.07, 6.45) is 0. The van der Waals surface area contributed by atoms with Crippen molar-refractivity contribution in [1.29, 1.82) is 0 Å². The molecule has 0 amide bonds.